The summed E-state index contributed by atoms with van der Waals surface area (Å²) in [5, 5.41) is 11.8. The van der Waals surface area contributed by atoms with E-state index in [0.29, 0.717) is 5.41 Å². The van der Waals surface area contributed by atoms with Crippen molar-refractivity contribution in [2.75, 3.05) is 20.1 Å². The summed E-state index contributed by atoms with van der Waals surface area (Å²) in [5.41, 5.74) is 0.333. The third-order valence-corrected chi connectivity index (χ3v) is 4.82. The van der Waals surface area contributed by atoms with Gasteiger partial charge in [0.1, 0.15) is 0 Å². The van der Waals surface area contributed by atoms with Crippen LogP contribution in [0.25, 0.3) is 0 Å². The van der Waals surface area contributed by atoms with Crippen LogP contribution in [0.2, 0.25) is 0 Å². The van der Waals surface area contributed by atoms with Gasteiger partial charge in [-0.15, -0.1) is 0 Å². The zero-order valence-corrected chi connectivity index (χ0v) is 11.8. The predicted molar refractivity (Wildman–Crippen MR) is 71.8 cm³/mol. The highest BCUT2D eigenvalue weighted by molar-refractivity contribution is 5.75. The van der Waals surface area contributed by atoms with Crippen molar-refractivity contribution in [3.05, 3.63) is 0 Å². The van der Waals surface area contributed by atoms with Crippen LogP contribution in [0.4, 0.5) is 4.79 Å². The van der Waals surface area contributed by atoms with E-state index in [1.54, 1.807) is 14.0 Å². The Labute approximate surface area is 114 Å². The van der Waals surface area contributed by atoms with Gasteiger partial charge < -0.3 is 15.3 Å². The van der Waals surface area contributed by atoms with Gasteiger partial charge in [0.25, 0.3) is 0 Å². The molecule has 19 heavy (non-hydrogen) atoms. The highest BCUT2D eigenvalue weighted by Gasteiger charge is 2.44. The fraction of sp³-hybridized carbons (Fsp3) is 0.857. The van der Waals surface area contributed by atoms with Gasteiger partial charge in [0, 0.05) is 20.1 Å². The molecule has 2 bridgehead atoms. The molecule has 0 aromatic rings. The standard InChI is InChI=1S/C14H24N2O3/c1-10(12(17)18)8-16(2)13(19)15-9-14-5-3-11(7-14)4-6-14/h10-11H,3-9H2,1-2H3,(H,15,19)(H,17,18). The average Bonchev–Trinajstić information content (AvgIpc) is 2.96. The van der Waals surface area contributed by atoms with E-state index in [1.807, 2.05) is 0 Å². The first-order valence-electron chi connectivity index (χ1n) is 7.14. The highest BCUT2D eigenvalue weighted by atomic mass is 16.4. The molecule has 0 heterocycles. The van der Waals surface area contributed by atoms with Crippen molar-refractivity contribution < 1.29 is 14.7 Å². The number of amides is 2. The van der Waals surface area contributed by atoms with Crippen LogP contribution in [0.3, 0.4) is 0 Å². The Balaban J connectivity index is 1.76. The van der Waals surface area contributed by atoms with E-state index in [2.05, 4.69) is 5.32 Å². The molecule has 1 unspecified atom stereocenters. The summed E-state index contributed by atoms with van der Waals surface area (Å²) in [7, 11) is 1.65. The molecule has 2 N–H and O–H groups in total. The Bertz CT molecular complexity index is 362. The molecular weight excluding hydrogens is 244 g/mol. The number of hydrogen-bond donors (Lipinski definition) is 2. The van der Waals surface area contributed by atoms with E-state index in [1.165, 1.54) is 37.0 Å². The van der Waals surface area contributed by atoms with Gasteiger partial charge in [-0.05, 0) is 43.4 Å². The Morgan fingerprint density at radius 3 is 2.53 bits per heavy atom. The third kappa shape index (κ3) is 3.19. The molecule has 5 heteroatoms. The molecule has 2 saturated carbocycles. The average molecular weight is 268 g/mol. The number of carboxylic acid groups (broad SMARTS) is 1. The van der Waals surface area contributed by atoms with Crippen LogP contribution in [0, 0.1) is 17.3 Å². The molecule has 1 atom stereocenters. The van der Waals surface area contributed by atoms with Crippen molar-refractivity contribution in [1.29, 1.82) is 0 Å². The molecule has 0 aromatic heterocycles. The number of nitrogens with one attached hydrogen (secondary N) is 1. The number of nitrogens with zero attached hydrogens (tertiary/aromatic N) is 1. The largest absolute Gasteiger partial charge is 0.481 e. The summed E-state index contributed by atoms with van der Waals surface area (Å²) in [6.07, 6.45) is 6.33. The maximum absolute atomic E-state index is 12.0. The summed E-state index contributed by atoms with van der Waals surface area (Å²) in [6, 6.07) is -0.155. The van der Waals surface area contributed by atoms with Gasteiger partial charge in [-0.25, -0.2) is 4.79 Å². The lowest BCUT2D eigenvalue weighted by Gasteiger charge is -2.28. The van der Waals surface area contributed by atoms with Crippen LogP contribution < -0.4 is 5.32 Å². The van der Waals surface area contributed by atoms with Gasteiger partial charge in [0.2, 0.25) is 0 Å². The highest BCUT2D eigenvalue weighted by Crippen LogP contribution is 2.53. The SMILES string of the molecule is CC(CN(C)C(=O)NCC12CCC(CC1)C2)C(=O)O. The second-order valence-electron chi connectivity index (χ2n) is 6.43. The number of rotatable bonds is 5. The Kier molecular flexibility index (Phi) is 4.02. The Hall–Kier alpha value is -1.26. The van der Waals surface area contributed by atoms with Crippen molar-refractivity contribution in [2.45, 2.75) is 39.0 Å². The number of hydrogen-bond acceptors (Lipinski definition) is 2. The molecule has 2 aliphatic carbocycles. The first kappa shape index (κ1) is 14.2. The lowest BCUT2D eigenvalue weighted by atomic mass is 9.84. The van der Waals surface area contributed by atoms with Gasteiger partial charge in [-0.3, -0.25) is 4.79 Å². The second kappa shape index (κ2) is 5.39. The van der Waals surface area contributed by atoms with Crippen LogP contribution in [-0.2, 0) is 4.79 Å². The molecule has 2 amide bonds. The van der Waals surface area contributed by atoms with Crippen molar-refractivity contribution in [3.63, 3.8) is 0 Å². The quantitative estimate of drug-likeness (QED) is 0.800. The van der Waals surface area contributed by atoms with E-state index in [-0.39, 0.29) is 12.6 Å². The number of carboxylic acids is 1. The summed E-state index contributed by atoms with van der Waals surface area (Å²) >= 11 is 0. The minimum atomic E-state index is -0.868. The van der Waals surface area contributed by atoms with E-state index in [0.717, 1.165) is 12.5 Å². The number of urea groups is 1. The van der Waals surface area contributed by atoms with E-state index >= 15 is 0 Å². The van der Waals surface area contributed by atoms with Crippen molar-refractivity contribution >= 4 is 12.0 Å². The second-order valence-corrected chi connectivity index (χ2v) is 6.43. The van der Waals surface area contributed by atoms with Gasteiger partial charge in [-0.2, -0.15) is 0 Å². The smallest absolute Gasteiger partial charge is 0.317 e. The van der Waals surface area contributed by atoms with Crippen LogP contribution in [-0.4, -0.2) is 42.1 Å². The lowest BCUT2D eigenvalue weighted by Crippen LogP contribution is -2.44. The molecule has 2 aliphatic rings. The van der Waals surface area contributed by atoms with Crippen molar-refractivity contribution in [3.8, 4) is 0 Å². The first-order chi connectivity index (χ1) is 8.92. The van der Waals surface area contributed by atoms with Gasteiger partial charge in [-0.1, -0.05) is 6.92 Å². The van der Waals surface area contributed by atoms with Crippen molar-refractivity contribution in [2.24, 2.45) is 17.3 Å². The lowest BCUT2D eigenvalue weighted by molar-refractivity contribution is -0.141. The predicted octanol–water partition coefficient (Wildman–Crippen LogP) is 1.93. The van der Waals surface area contributed by atoms with Crippen LogP contribution >= 0.6 is 0 Å². The Morgan fingerprint density at radius 1 is 1.42 bits per heavy atom. The molecule has 0 aromatic carbocycles. The molecule has 0 aliphatic heterocycles. The number of aliphatic carboxylic acids is 1. The molecule has 2 fully saturated rings. The maximum Gasteiger partial charge on any atom is 0.317 e. The van der Waals surface area contributed by atoms with Gasteiger partial charge >= 0.3 is 12.0 Å². The first-order valence-corrected chi connectivity index (χ1v) is 7.14. The minimum absolute atomic E-state index is 0.155. The van der Waals surface area contributed by atoms with Gasteiger partial charge in [0.05, 0.1) is 5.92 Å². The summed E-state index contributed by atoms with van der Waals surface area (Å²) in [6.45, 7) is 2.61. The molecule has 5 nitrogen and oxygen atoms in total. The number of carbonyl (C=O) groups is 2. The maximum atomic E-state index is 12.0. The Morgan fingerprint density at radius 2 is 2.05 bits per heavy atom. The molecule has 108 valence electrons. The van der Waals surface area contributed by atoms with Crippen LogP contribution in [0.1, 0.15) is 39.0 Å². The fourth-order valence-corrected chi connectivity index (χ4v) is 3.53. The van der Waals surface area contributed by atoms with Crippen molar-refractivity contribution in [1.82, 2.24) is 10.2 Å². The summed E-state index contributed by atoms with van der Waals surface area (Å²) < 4.78 is 0. The number of fused-ring (bicyclic) bond motifs is 2. The fourth-order valence-electron chi connectivity index (χ4n) is 3.53. The van der Waals surface area contributed by atoms with Gasteiger partial charge in [0.15, 0.2) is 0 Å². The van der Waals surface area contributed by atoms with Crippen LogP contribution in [0.15, 0.2) is 0 Å². The molecule has 0 radical (unpaired) electrons. The summed E-state index contributed by atoms with van der Waals surface area (Å²) in [4.78, 5) is 24.2. The molecule has 0 saturated heterocycles. The molecular formula is C14H24N2O3. The van der Waals surface area contributed by atoms with E-state index in [9.17, 15) is 9.59 Å². The molecule has 0 spiro atoms. The van der Waals surface area contributed by atoms with Crippen LogP contribution in [0.5, 0.6) is 0 Å². The minimum Gasteiger partial charge on any atom is -0.481 e. The summed E-state index contributed by atoms with van der Waals surface area (Å²) in [5.74, 6) is -0.523. The van der Waals surface area contributed by atoms with E-state index < -0.39 is 11.9 Å². The number of carbonyl (C=O) groups excluding carboxylic acids is 1. The van der Waals surface area contributed by atoms with E-state index in [4.69, 9.17) is 5.11 Å². The normalized spacial score (nSPS) is 30.1. The third-order valence-electron chi connectivity index (χ3n) is 4.82. The zero-order valence-electron chi connectivity index (χ0n) is 11.8. The topological polar surface area (TPSA) is 69.6 Å². The zero-order chi connectivity index (χ0) is 14.0. The molecule has 2 rings (SSSR count). The monoisotopic (exact) mass is 268 g/mol.